The van der Waals surface area contributed by atoms with Gasteiger partial charge in [0.05, 0.1) is 37.9 Å². The molecule has 3 aromatic rings. The van der Waals surface area contributed by atoms with Gasteiger partial charge in [0.25, 0.3) is 5.91 Å². The first-order chi connectivity index (χ1) is 15.9. The molecule has 33 heavy (non-hydrogen) atoms. The average Bonchev–Trinajstić information content (AvgIpc) is 3.08. The average molecular weight is 582 g/mol. The molecule has 4 rings (SSSR count). The van der Waals surface area contributed by atoms with E-state index >= 15 is 0 Å². The number of halogens is 3. The fraction of sp³-hybridized carbons (Fsp3) is 0.0870. The number of pyridine rings is 1. The lowest BCUT2D eigenvalue weighted by atomic mass is 10.1. The van der Waals surface area contributed by atoms with Crippen molar-refractivity contribution in [1.82, 2.24) is 4.98 Å². The fourth-order valence-corrected chi connectivity index (χ4v) is 5.22. The van der Waals surface area contributed by atoms with Crippen molar-refractivity contribution < 1.29 is 14.3 Å². The maximum Gasteiger partial charge on any atom is 0.270 e. The number of nitrogens with zero attached hydrogens (tertiary/aromatic N) is 2. The molecule has 0 atom stereocenters. The Bertz CT molecular complexity index is 1270. The van der Waals surface area contributed by atoms with Crippen molar-refractivity contribution in [1.29, 1.82) is 0 Å². The molecule has 10 heteroatoms. The summed E-state index contributed by atoms with van der Waals surface area (Å²) < 4.78 is 12.5. The van der Waals surface area contributed by atoms with Crippen LogP contribution >= 0.6 is 63.1 Å². The van der Waals surface area contributed by atoms with E-state index in [1.807, 2.05) is 24.3 Å². The molecule has 1 aliphatic rings. The highest BCUT2D eigenvalue weighted by atomic mass is 79.9. The Kier molecular flexibility index (Phi) is 7.61. The maximum atomic E-state index is 13.1. The van der Waals surface area contributed by atoms with Crippen LogP contribution in [0.4, 0.5) is 5.69 Å². The van der Waals surface area contributed by atoms with Gasteiger partial charge in [0.2, 0.25) is 0 Å². The third-order valence-corrected chi connectivity index (χ3v) is 7.23. The van der Waals surface area contributed by atoms with Gasteiger partial charge in [-0.15, -0.1) is 0 Å². The van der Waals surface area contributed by atoms with Gasteiger partial charge in [-0.25, -0.2) is 0 Å². The van der Waals surface area contributed by atoms with Crippen LogP contribution < -0.4 is 14.4 Å². The van der Waals surface area contributed by atoms with Gasteiger partial charge in [-0.1, -0.05) is 53.2 Å². The molecule has 1 aliphatic heterocycles. The van der Waals surface area contributed by atoms with Crippen LogP contribution in [-0.4, -0.2) is 22.3 Å². The number of amides is 1. The molecule has 0 bridgehead atoms. The molecule has 0 aliphatic carbocycles. The third kappa shape index (κ3) is 5.36. The molecule has 0 radical (unpaired) electrons. The number of rotatable bonds is 6. The summed E-state index contributed by atoms with van der Waals surface area (Å²) in [6.07, 6.45) is 3.47. The first kappa shape index (κ1) is 24.0. The number of thiocarbonyl (C=S) groups is 1. The van der Waals surface area contributed by atoms with Gasteiger partial charge in [0.15, 0.2) is 15.8 Å². The van der Waals surface area contributed by atoms with Crippen molar-refractivity contribution in [2.24, 2.45) is 0 Å². The Morgan fingerprint density at radius 1 is 1.18 bits per heavy atom. The van der Waals surface area contributed by atoms with Crippen molar-refractivity contribution in [2.45, 2.75) is 6.61 Å². The van der Waals surface area contributed by atoms with Crippen LogP contribution in [0.1, 0.15) is 11.3 Å². The van der Waals surface area contributed by atoms with Crippen LogP contribution in [0.25, 0.3) is 6.08 Å². The molecule has 2 heterocycles. The SMILES string of the molecule is COc1cc(/C=C2\SC(=S)N(c3ccc(Cl)c(Cl)c3)C2=O)cc(Br)c1OCc1ccccn1. The summed E-state index contributed by atoms with van der Waals surface area (Å²) in [4.78, 5) is 19.3. The van der Waals surface area contributed by atoms with Crippen molar-refractivity contribution in [3.63, 3.8) is 0 Å². The number of hydrogen-bond acceptors (Lipinski definition) is 6. The number of ether oxygens (including phenoxy) is 2. The standard InChI is InChI=1S/C23H15BrCl2N2O3S2/c1-30-19-9-13(8-16(24)21(19)31-12-14-4-2-3-7-27-14)10-20-22(29)28(23(32)33-20)15-5-6-17(25)18(26)11-15/h2-11H,12H2,1H3/b20-10-. The van der Waals surface area contributed by atoms with E-state index in [0.717, 1.165) is 11.3 Å². The molecule has 0 spiro atoms. The lowest BCUT2D eigenvalue weighted by Crippen LogP contribution is -2.27. The minimum Gasteiger partial charge on any atom is -0.493 e. The Hall–Kier alpha value is -2.10. The molecule has 0 N–H and O–H groups in total. The minimum atomic E-state index is -0.242. The predicted octanol–water partition coefficient (Wildman–Crippen LogP) is 7.14. The lowest BCUT2D eigenvalue weighted by Gasteiger charge is -2.15. The van der Waals surface area contributed by atoms with Crippen LogP contribution in [0.15, 0.2) is 64.1 Å². The molecular weight excluding hydrogens is 567 g/mol. The quantitative estimate of drug-likeness (QED) is 0.228. The van der Waals surface area contributed by atoms with Gasteiger partial charge >= 0.3 is 0 Å². The zero-order chi connectivity index (χ0) is 23.5. The summed E-state index contributed by atoms with van der Waals surface area (Å²) in [6.45, 7) is 0.289. The first-order valence-electron chi connectivity index (χ1n) is 9.50. The smallest absolute Gasteiger partial charge is 0.270 e. The molecule has 1 saturated heterocycles. The Labute approximate surface area is 218 Å². The van der Waals surface area contributed by atoms with E-state index in [-0.39, 0.29) is 12.5 Å². The number of thioether (sulfide) groups is 1. The van der Waals surface area contributed by atoms with Crippen molar-refractivity contribution in [2.75, 3.05) is 12.0 Å². The van der Waals surface area contributed by atoms with Gasteiger partial charge in [0, 0.05) is 6.20 Å². The molecule has 5 nitrogen and oxygen atoms in total. The number of hydrogen-bond donors (Lipinski definition) is 0. The van der Waals surface area contributed by atoms with Crippen molar-refractivity contribution in [3.05, 3.63) is 85.4 Å². The van der Waals surface area contributed by atoms with Crippen LogP contribution in [0, 0.1) is 0 Å². The third-order valence-electron chi connectivity index (χ3n) is 4.60. The number of carbonyl (C=O) groups is 1. The van der Waals surface area contributed by atoms with Gasteiger partial charge < -0.3 is 9.47 Å². The molecule has 0 unspecified atom stereocenters. The van der Waals surface area contributed by atoms with E-state index in [1.54, 1.807) is 43.6 Å². The van der Waals surface area contributed by atoms with Crippen molar-refractivity contribution >= 4 is 85.1 Å². The Morgan fingerprint density at radius 3 is 2.70 bits per heavy atom. The van der Waals surface area contributed by atoms with E-state index in [9.17, 15) is 4.79 Å². The summed E-state index contributed by atoms with van der Waals surface area (Å²) in [7, 11) is 1.56. The lowest BCUT2D eigenvalue weighted by molar-refractivity contribution is -0.113. The van der Waals surface area contributed by atoms with E-state index in [4.69, 9.17) is 44.9 Å². The highest BCUT2D eigenvalue weighted by molar-refractivity contribution is 9.10. The molecule has 1 aromatic heterocycles. The summed E-state index contributed by atoms with van der Waals surface area (Å²) in [5.41, 5.74) is 2.10. The Morgan fingerprint density at radius 2 is 2.00 bits per heavy atom. The minimum absolute atomic E-state index is 0.242. The fourth-order valence-electron chi connectivity index (χ4n) is 3.06. The predicted molar refractivity (Wildman–Crippen MR) is 141 cm³/mol. The largest absolute Gasteiger partial charge is 0.493 e. The highest BCUT2D eigenvalue weighted by Gasteiger charge is 2.33. The van der Waals surface area contributed by atoms with Crippen LogP contribution in [0.5, 0.6) is 11.5 Å². The van der Waals surface area contributed by atoms with E-state index < -0.39 is 0 Å². The second-order valence-corrected chi connectivity index (χ2v) is 10.1. The maximum absolute atomic E-state index is 13.1. The molecule has 0 saturated carbocycles. The van der Waals surface area contributed by atoms with Gasteiger partial charge in [-0.3, -0.25) is 14.7 Å². The van der Waals surface area contributed by atoms with Gasteiger partial charge in [-0.2, -0.15) is 0 Å². The number of carbonyl (C=O) groups excluding carboxylic acids is 1. The van der Waals surface area contributed by atoms with Gasteiger partial charge in [-0.05, 0) is 70.0 Å². The number of anilines is 1. The van der Waals surface area contributed by atoms with Crippen molar-refractivity contribution in [3.8, 4) is 11.5 Å². The molecule has 1 fully saturated rings. The monoisotopic (exact) mass is 580 g/mol. The Balaban J connectivity index is 1.59. The normalized spacial score (nSPS) is 14.8. The number of aromatic nitrogens is 1. The summed E-state index contributed by atoms with van der Waals surface area (Å²) in [5, 5.41) is 0.755. The van der Waals surface area contributed by atoms with Crippen LogP contribution in [-0.2, 0) is 11.4 Å². The zero-order valence-electron chi connectivity index (χ0n) is 17.1. The topological polar surface area (TPSA) is 51.7 Å². The second-order valence-electron chi connectivity index (χ2n) is 6.76. The molecule has 1 amide bonds. The van der Waals surface area contributed by atoms with Crippen LogP contribution in [0.3, 0.4) is 0 Å². The summed E-state index contributed by atoms with van der Waals surface area (Å²) >= 11 is 22.3. The zero-order valence-corrected chi connectivity index (χ0v) is 21.8. The number of benzene rings is 2. The summed E-state index contributed by atoms with van der Waals surface area (Å²) in [6, 6.07) is 14.2. The molecule has 2 aromatic carbocycles. The van der Waals surface area contributed by atoms with E-state index in [2.05, 4.69) is 20.9 Å². The number of methoxy groups -OCH3 is 1. The molecular formula is C23H15BrCl2N2O3S2. The first-order valence-corrected chi connectivity index (χ1v) is 12.3. The van der Waals surface area contributed by atoms with Crippen LogP contribution in [0.2, 0.25) is 10.0 Å². The second kappa shape index (κ2) is 10.4. The van der Waals surface area contributed by atoms with Gasteiger partial charge in [0.1, 0.15) is 6.61 Å². The summed E-state index contributed by atoms with van der Waals surface area (Å²) in [5.74, 6) is 0.823. The molecule has 168 valence electrons. The van der Waals surface area contributed by atoms with E-state index in [0.29, 0.717) is 40.9 Å². The van der Waals surface area contributed by atoms with E-state index in [1.165, 1.54) is 16.7 Å². The highest BCUT2D eigenvalue weighted by Crippen LogP contribution is 2.41.